The quantitative estimate of drug-likeness (QED) is 0.0261. The molecule has 0 aliphatic carbocycles. The van der Waals surface area contributed by atoms with Gasteiger partial charge in [-0.3, -0.25) is 14.4 Å². The average Bonchev–Trinajstić information content (AvgIpc) is 3.43. The summed E-state index contributed by atoms with van der Waals surface area (Å²) in [5.41, 5.74) is 0. The number of hydrogen-bond acceptors (Lipinski definition) is 6. The molecule has 0 aromatic heterocycles. The van der Waals surface area contributed by atoms with Gasteiger partial charge in [0, 0.05) is 19.3 Å². The fourth-order valence-corrected chi connectivity index (χ4v) is 7.49. The zero-order chi connectivity index (χ0) is 55.7. The molecule has 0 aliphatic rings. The van der Waals surface area contributed by atoms with Crippen molar-refractivity contribution in [1.29, 1.82) is 0 Å². The van der Waals surface area contributed by atoms with E-state index < -0.39 is 12.1 Å². The van der Waals surface area contributed by atoms with Crippen LogP contribution < -0.4 is 0 Å². The molecule has 0 amide bonds. The zero-order valence-corrected chi connectivity index (χ0v) is 48.9. The van der Waals surface area contributed by atoms with Crippen molar-refractivity contribution in [2.45, 2.75) is 232 Å². The standard InChI is InChI=1S/C71H108O6/c1-4-7-10-13-16-19-22-25-27-29-30-31-32-33-34-35-36-37-38-39-40-42-43-46-49-52-55-58-61-64-70(73)76-67-68(66-75-69(72)63-60-57-54-51-48-45-24-21-18-15-12-9-6-3)77-71(74)65-62-59-56-53-50-47-44-41-28-26-23-20-17-14-11-8-5-2/h7-12,16-21,25-28,30-31,33-34,36-37,44-45,47-48,53-54,56-57,68H,4-6,13-15,22-24,29,32,35,38-43,46,49-52,55,58-67H2,1-3H3/b10-7-,11-8-,12-9-,19-16-,20-17-,21-18-,27-25-,28-26-,31-30-,34-33-,37-36-,47-44-,48-45-,56-53-,57-54-. The molecule has 0 radical (unpaired) electrons. The SMILES string of the molecule is CC/C=C\C/C=C\C/C=C\C/C=C\C/C=C\C/C=C\CCCCCCCCCCCCC(=O)OCC(COC(=O)CC/C=C\C/C=C\C/C=C\C/C=C\CC)OC(=O)CCC/C=C\C/C=C\C/C=C\C/C=C\C/C=C\CC. The highest BCUT2D eigenvalue weighted by Gasteiger charge is 2.19. The lowest BCUT2D eigenvalue weighted by Crippen LogP contribution is -2.30. The molecule has 6 heteroatoms. The maximum atomic E-state index is 12.8. The van der Waals surface area contributed by atoms with E-state index in [0.29, 0.717) is 19.3 Å². The topological polar surface area (TPSA) is 78.9 Å². The van der Waals surface area contributed by atoms with Gasteiger partial charge in [0.2, 0.25) is 0 Å². The summed E-state index contributed by atoms with van der Waals surface area (Å²) in [6, 6.07) is 0. The summed E-state index contributed by atoms with van der Waals surface area (Å²) < 4.78 is 16.7. The monoisotopic (exact) mass is 1060 g/mol. The van der Waals surface area contributed by atoms with Gasteiger partial charge in [0.15, 0.2) is 6.10 Å². The van der Waals surface area contributed by atoms with Crippen LogP contribution >= 0.6 is 0 Å². The number of carbonyl (C=O) groups excluding carboxylic acids is 3. The fourth-order valence-electron chi connectivity index (χ4n) is 7.49. The molecular formula is C71H108O6. The third-order valence-electron chi connectivity index (χ3n) is 11.9. The number of rotatable bonds is 52. The maximum absolute atomic E-state index is 12.8. The highest BCUT2D eigenvalue weighted by molar-refractivity contribution is 5.71. The molecule has 0 saturated carbocycles. The van der Waals surface area contributed by atoms with Crippen LogP contribution in [0.4, 0.5) is 0 Å². The molecular weight excluding hydrogens is 949 g/mol. The Morgan fingerprint density at radius 3 is 0.844 bits per heavy atom. The fraction of sp³-hybridized carbons (Fsp3) is 0.535. The summed E-state index contributed by atoms with van der Waals surface area (Å²) in [5, 5.41) is 0. The van der Waals surface area contributed by atoms with Crippen LogP contribution in [-0.4, -0.2) is 37.2 Å². The van der Waals surface area contributed by atoms with Gasteiger partial charge in [-0.25, -0.2) is 0 Å². The molecule has 428 valence electrons. The second kappa shape index (κ2) is 63.0. The number of hydrogen-bond donors (Lipinski definition) is 0. The lowest BCUT2D eigenvalue weighted by Gasteiger charge is -2.18. The molecule has 0 bridgehead atoms. The Balaban J connectivity index is 4.43. The Morgan fingerprint density at radius 2 is 0.506 bits per heavy atom. The summed E-state index contributed by atoms with van der Waals surface area (Å²) in [6.45, 7) is 6.16. The van der Waals surface area contributed by atoms with Gasteiger partial charge in [-0.05, 0) is 135 Å². The molecule has 0 spiro atoms. The highest BCUT2D eigenvalue weighted by Crippen LogP contribution is 2.14. The molecule has 0 fully saturated rings. The van der Waals surface area contributed by atoms with E-state index >= 15 is 0 Å². The summed E-state index contributed by atoms with van der Waals surface area (Å²) in [6.07, 6.45) is 94.9. The predicted octanol–water partition coefficient (Wildman–Crippen LogP) is 20.9. The van der Waals surface area contributed by atoms with Crippen molar-refractivity contribution < 1.29 is 28.6 Å². The molecule has 77 heavy (non-hydrogen) atoms. The lowest BCUT2D eigenvalue weighted by molar-refractivity contribution is -0.166. The number of carbonyl (C=O) groups is 3. The van der Waals surface area contributed by atoms with E-state index in [2.05, 4.69) is 191 Å². The van der Waals surface area contributed by atoms with E-state index in [1.807, 2.05) is 12.2 Å². The van der Waals surface area contributed by atoms with Crippen LogP contribution in [0.1, 0.15) is 226 Å². The predicted molar refractivity (Wildman–Crippen MR) is 334 cm³/mol. The van der Waals surface area contributed by atoms with Gasteiger partial charge in [-0.2, -0.15) is 0 Å². The van der Waals surface area contributed by atoms with Crippen molar-refractivity contribution in [1.82, 2.24) is 0 Å². The van der Waals surface area contributed by atoms with Gasteiger partial charge in [0.05, 0.1) is 0 Å². The Bertz CT molecular complexity index is 1840. The maximum Gasteiger partial charge on any atom is 0.306 e. The van der Waals surface area contributed by atoms with Gasteiger partial charge < -0.3 is 14.2 Å². The number of esters is 3. The van der Waals surface area contributed by atoms with E-state index in [1.54, 1.807) is 0 Å². The van der Waals surface area contributed by atoms with Crippen molar-refractivity contribution in [2.24, 2.45) is 0 Å². The first-order valence-corrected chi connectivity index (χ1v) is 30.3. The lowest BCUT2D eigenvalue weighted by atomic mass is 10.1. The second-order valence-corrected chi connectivity index (χ2v) is 19.1. The molecule has 0 saturated heterocycles. The number of ether oxygens (including phenoxy) is 3. The molecule has 0 rings (SSSR count). The van der Waals surface area contributed by atoms with Crippen LogP contribution in [0.25, 0.3) is 0 Å². The molecule has 0 aromatic rings. The van der Waals surface area contributed by atoms with Crippen molar-refractivity contribution in [2.75, 3.05) is 13.2 Å². The van der Waals surface area contributed by atoms with Crippen LogP contribution in [0.5, 0.6) is 0 Å². The van der Waals surface area contributed by atoms with Crippen molar-refractivity contribution in [3.8, 4) is 0 Å². The Labute approximate surface area is 472 Å². The summed E-state index contributed by atoms with van der Waals surface area (Å²) >= 11 is 0. The van der Waals surface area contributed by atoms with Crippen molar-refractivity contribution in [3.63, 3.8) is 0 Å². The summed E-state index contributed by atoms with van der Waals surface area (Å²) in [7, 11) is 0. The minimum Gasteiger partial charge on any atom is -0.462 e. The van der Waals surface area contributed by atoms with Crippen LogP contribution in [0, 0.1) is 0 Å². The van der Waals surface area contributed by atoms with Crippen molar-refractivity contribution in [3.05, 3.63) is 182 Å². The van der Waals surface area contributed by atoms with E-state index in [-0.39, 0.29) is 38.0 Å². The largest absolute Gasteiger partial charge is 0.462 e. The molecule has 0 aliphatic heterocycles. The average molecular weight is 1060 g/mol. The van der Waals surface area contributed by atoms with Crippen LogP contribution in [0.2, 0.25) is 0 Å². The minimum absolute atomic E-state index is 0.134. The van der Waals surface area contributed by atoms with Crippen molar-refractivity contribution >= 4 is 17.9 Å². The van der Waals surface area contributed by atoms with Gasteiger partial charge >= 0.3 is 17.9 Å². The van der Waals surface area contributed by atoms with Gasteiger partial charge in [0.25, 0.3) is 0 Å². The highest BCUT2D eigenvalue weighted by atomic mass is 16.6. The molecule has 0 heterocycles. The normalized spacial score (nSPS) is 13.4. The van der Waals surface area contributed by atoms with E-state index in [0.717, 1.165) is 128 Å². The molecule has 1 atom stereocenters. The molecule has 1 unspecified atom stereocenters. The summed E-state index contributed by atoms with van der Waals surface area (Å²) in [5.74, 6) is -1.09. The van der Waals surface area contributed by atoms with Gasteiger partial charge in [-0.1, -0.05) is 254 Å². The number of allylic oxidation sites excluding steroid dienone is 30. The number of unbranched alkanes of at least 4 members (excludes halogenated alkanes) is 11. The Hall–Kier alpha value is -5.49. The first kappa shape index (κ1) is 71.5. The summed E-state index contributed by atoms with van der Waals surface area (Å²) in [4.78, 5) is 38.1. The van der Waals surface area contributed by atoms with E-state index in [1.165, 1.54) is 44.9 Å². The Morgan fingerprint density at radius 1 is 0.260 bits per heavy atom. The van der Waals surface area contributed by atoms with Gasteiger partial charge in [0.1, 0.15) is 13.2 Å². The third kappa shape index (κ3) is 61.2. The van der Waals surface area contributed by atoms with E-state index in [4.69, 9.17) is 14.2 Å². The molecule has 0 aromatic carbocycles. The smallest absolute Gasteiger partial charge is 0.306 e. The second-order valence-electron chi connectivity index (χ2n) is 19.1. The zero-order valence-electron chi connectivity index (χ0n) is 48.9. The van der Waals surface area contributed by atoms with Gasteiger partial charge in [-0.15, -0.1) is 0 Å². The first-order chi connectivity index (χ1) is 38.0. The van der Waals surface area contributed by atoms with Crippen LogP contribution in [0.15, 0.2) is 182 Å². The first-order valence-electron chi connectivity index (χ1n) is 30.3. The van der Waals surface area contributed by atoms with Crippen LogP contribution in [0.3, 0.4) is 0 Å². The Kier molecular flexibility index (Phi) is 58.6. The molecule has 0 N–H and O–H groups in total. The molecule has 6 nitrogen and oxygen atoms in total. The van der Waals surface area contributed by atoms with E-state index in [9.17, 15) is 14.4 Å². The minimum atomic E-state index is -0.849. The third-order valence-corrected chi connectivity index (χ3v) is 11.9. The van der Waals surface area contributed by atoms with Crippen LogP contribution in [-0.2, 0) is 28.6 Å².